The van der Waals surface area contributed by atoms with Crippen molar-refractivity contribution in [2.45, 2.75) is 10.9 Å². The predicted molar refractivity (Wildman–Crippen MR) is 123 cm³/mol. The minimum Gasteiger partial charge on any atom is -0.354 e. The van der Waals surface area contributed by atoms with Crippen molar-refractivity contribution in [2.75, 3.05) is 19.6 Å². The van der Waals surface area contributed by atoms with E-state index in [4.69, 9.17) is 11.6 Å². The van der Waals surface area contributed by atoms with E-state index in [1.807, 2.05) is 29.0 Å². The van der Waals surface area contributed by atoms with Crippen LogP contribution in [0.3, 0.4) is 0 Å². The largest absolute Gasteiger partial charge is 0.354 e. The van der Waals surface area contributed by atoms with Crippen molar-refractivity contribution in [1.82, 2.24) is 14.9 Å². The summed E-state index contributed by atoms with van der Waals surface area (Å²) in [5.41, 5.74) is 2.14. The smallest absolute Gasteiger partial charge is 0.252 e. The van der Waals surface area contributed by atoms with Crippen molar-refractivity contribution >= 4 is 44.8 Å². The Balaban J connectivity index is 1.54. The summed E-state index contributed by atoms with van der Waals surface area (Å²) in [4.78, 5) is 24.5. The molecule has 7 nitrogen and oxygen atoms in total. The summed E-state index contributed by atoms with van der Waals surface area (Å²) in [7, 11) is -3.81. The quantitative estimate of drug-likeness (QED) is 0.556. The molecule has 1 atom stereocenters. The van der Waals surface area contributed by atoms with Crippen LogP contribution in [-0.4, -0.2) is 44.2 Å². The van der Waals surface area contributed by atoms with Gasteiger partial charge in [-0.1, -0.05) is 23.7 Å². The third-order valence-corrected chi connectivity index (χ3v) is 7.93. The Morgan fingerprint density at radius 1 is 1.06 bits per heavy atom. The Kier molecular flexibility index (Phi) is 6.61. The zero-order valence-corrected chi connectivity index (χ0v) is 19.2. The number of halogens is 1. The molecule has 2 N–H and O–H groups in total. The van der Waals surface area contributed by atoms with Gasteiger partial charge in [-0.3, -0.25) is 9.59 Å². The van der Waals surface area contributed by atoms with E-state index in [1.165, 1.54) is 35.6 Å². The maximum Gasteiger partial charge on any atom is 0.252 e. The van der Waals surface area contributed by atoms with E-state index in [0.717, 1.165) is 15.4 Å². The Bertz CT molecular complexity index is 1210. The summed E-state index contributed by atoms with van der Waals surface area (Å²) in [5.74, 6) is -0.671. The van der Waals surface area contributed by atoms with Gasteiger partial charge < -0.3 is 10.6 Å². The van der Waals surface area contributed by atoms with Crippen molar-refractivity contribution in [3.05, 3.63) is 87.1 Å². The molecule has 1 aromatic heterocycles. The molecule has 166 valence electrons. The molecule has 10 heteroatoms. The second kappa shape index (κ2) is 9.41. The number of hydrogen-bond donors (Lipinski definition) is 2. The summed E-state index contributed by atoms with van der Waals surface area (Å²) in [6, 6.07) is 14.5. The first-order valence-corrected chi connectivity index (χ1v) is 12.6. The number of rotatable bonds is 6. The molecule has 2 heterocycles. The number of hydrogen-bond acceptors (Lipinski definition) is 5. The highest BCUT2D eigenvalue weighted by molar-refractivity contribution is 7.89. The minimum atomic E-state index is -3.81. The van der Waals surface area contributed by atoms with E-state index >= 15 is 0 Å². The number of benzene rings is 2. The van der Waals surface area contributed by atoms with Gasteiger partial charge in [0.1, 0.15) is 0 Å². The van der Waals surface area contributed by atoms with Crippen LogP contribution in [0.25, 0.3) is 0 Å². The highest BCUT2D eigenvalue weighted by Gasteiger charge is 2.29. The second-order valence-electron chi connectivity index (χ2n) is 7.23. The average Bonchev–Trinajstić information content (AvgIpc) is 3.33. The Hall–Kier alpha value is -2.72. The zero-order valence-electron chi connectivity index (χ0n) is 16.8. The molecule has 0 aliphatic carbocycles. The van der Waals surface area contributed by atoms with Gasteiger partial charge >= 0.3 is 0 Å². The SMILES string of the molecule is O=C1CN(S(=O)(=O)c2ccc(C(=O)NC(c3ccc(Cl)cc3)c3ccsc3)cc2)CCN1. The van der Waals surface area contributed by atoms with Gasteiger partial charge in [0.25, 0.3) is 5.91 Å². The maximum absolute atomic E-state index is 12.9. The van der Waals surface area contributed by atoms with Crippen LogP contribution in [0, 0.1) is 0 Å². The molecule has 2 amide bonds. The lowest BCUT2D eigenvalue weighted by Crippen LogP contribution is -2.49. The van der Waals surface area contributed by atoms with Crippen LogP contribution in [0.1, 0.15) is 27.5 Å². The number of nitrogens with one attached hydrogen (secondary N) is 2. The van der Waals surface area contributed by atoms with Gasteiger partial charge in [0.15, 0.2) is 0 Å². The normalized spacial score (nSPS) is 15.7. The Morgan fingerprint density at radius 2 is 1.78 bits per heavy atom. The number of carbonyl (C=O) groups excluding carboxylic acids is 2. The van der Waals surface area contributed by atoms with Crippen molar-refractivity contribution in [3.63, 3.8) is 0 Å². The predicted octanol–water partition coefficient (Wildman–Crippen LogP) is 3.04. The first kappa shape index (κ1) is 22.5. The molecule has 2 aromatic carbocycles. The van der Waals surface area contributed by atoms with Crippen LogP contribution in [0.4, 0.5) is 0 Å². The summed E-state index contributed by atoms with van der Waals surface area (Å²) in [5, 5.41) is 10.1. The van der Waals surface area contributed by atoms with E-state index in [2.05, 4.69) is 10.6 Å². The highest BCUT2D eigenvalue weighted by Crippen LogP contribution is 2.26. The molecule has 3 aromatic rings. The van der Waals surface area contributed by atoms with Gasteiger partial charge in [0, 0.05) is 23.7 Å². The summed E-state index contributed by atoms with van der Waals surface area (Å²) in [6.45, 7) is 0.265. The molecule has 1 aliphatic heterocycles. The van der Waals surface area contributed by atoms with Crippen molar-refractivity contribution < 1.29 is 18.0 Å². The van der Waals surface area contributed by atoms with Crippen molar-refractivity contribution in [2.24, 2.45) is 0 Å². The lowest BCUT2D eigenvalue weighted by atomic mass is 10.0. The molecule has 0 radical (unpaired) electrons. The molecular weight excluding hydrogens is 470 g/mol. The van der Waals surface area contributed by atoms with E-state index < -0.39 is 10.0 Å². The van der Waals surface area contributed by atoms with E-state index in [-0.39, 0.29) is 42.4 Å². The molecule has 1 fully saturated rings. The van der Waals surface area contributed by atoms with E-state index in [0.29, 0.717) is 10.6 Å². The fourth-order valence-corrected chi connectivity index (χ4v) is 5.62. The Labute approximate surface area is 195 Å². The molecule has 4 rings (SSSR count). The number of carbonyl (C=O) groups is 2. The monoisotopic (exact) mass is 489 g/mol. The number of amides is 2. The van der Waals surface area contributed by atoms with Gasteiger partial charge in [0.05, 0.1) is 17.5 Å². The summed E-state index contributed by atoms with van der Waals surface area (Å²) < 4.78 is 26.7. The maximum atomic E-state index is 12.9. The molecule has 1 unspecified atom stereocenters. The highest BCUT2D eigenvalue weighted by atomic mass is 35.5. The molecule has 32 heavy (non-hydrogen) atoms. The summed E-state index contributed by atoms with van der Waals surface area (Å²) >= 11 is 7.53. The van der Waals surface area contributed by atoms with E-state index in [9.17, 15) is 18.0 Å². The van der Waals surface area contributed by atoms with Gasteiger partial charge in [0.2, 0.25) is 15.9 Å². The van der Waals surface area contributed by atoms with Crippen molar-refractivity contribution in [1.29, 1.82) is 0 Å². The van der Waals surface area contributed by atoms with Crippen LogP contribution in [0.5, 0.6) is 0 Å². The number of nitrogens with zero attached hydrogens (tertiary/aromatic N) is 1. The topological polar surface area (TPSA) is 95.6 Å². The standard InChI is InChI=1S/C22H20ClN3O4S2/c23-18-5-1-15(2-6-18)21(17-9-12-31-14-17)25-22(28)16-3-7-19(8-4-16)32(29,30)26-11-10-24-20(27)13-26/h1-9,12,14,21H,10-11,13H2,(H,24,27)(H,25,28). The lowest BCUT2D eigenvalue weighted by Gasteiger charge is -2.26. The number of thiophene rings is 1. The molecule has 0 spiro atoms. The van der Waals surface area contributed by atoms with Crippen LogP contribution >= 0.6 is 22.9 Å². The second-order valence-corrected chi connectivity index (χ2v) is 10.4. The molecule has 1 aliphatic rings. The van der Waals surface area contributed by atoms with E-state index in [1.54, 1.807) is 12.1 Å². The number of piperazine rings is 1. The third-order valence-electron chi connectivity index (χ3n) is 5.11. The van der Waals surface area contributed by atoms with Gasteiger partial charge in [-0.25, -0.2) is 8.42 Å². The average molecular weight is 490 g/mol. The fourth-order valence-electron chi connectivity index (χ4n) is 3.42. The number of sulfonamides is 1. The van der Waals surface area contributed by atoms with Gasteiger partial charge in [-0.2, -0.15) is 15.6 Å². The fraction of sp³-hybridized carbons (Fsp3) is 0.182. The van der Waals surface area contributed by atoms with Crippen LogP contribution in [0.15, 0.2) is 70.3 Å². The minimum absolute atomic E-state index is 0.0378. The molecular formula is C22H20ClN3O4S2. The zero-order chi connectivity index (χ0) is 22.7. The van der Waals surface area contributed by atoms with Crippen molar-refractivity contribution in [3.8, 4) is 0 Å². The summed E-state index contributed by atoms with van der Waals surface area (Å²) in [6.07, 6.45) is 0. The first-order chi connectivity index (χ1) is 15.3. The van der Waals surface area contributed by atoms with Crippen LogP contribution in [-0.2, 0) is 14.8 Å². The van der Waals surface area contributed by atoms with Crippen LogP contribution in [0.2, 0.25) is 5.02 Å². The Morgan fingerprint density at radius 3 is 2.41 bits per heavy atom. The van der Waals surface area contributed by atoms with Gasteiger partial charge in [-0.05, 0) is 64.4 Å². The molecule has 0 saturated carbocycles. The lowest BCUT2D eigenvalue weighted by molar-refractivity contribution is -0.122. The van der Waals surface area contributed by atoms with Gasteiger partial charge in [-0.15, -0.1) is 0 Å². The molecule has 1 saturated heterocycles. The third kappa shape index (κ3) is 4.86. The molecule has 0 bridgehead atoms. The first-order valence-electron chi connectivity index (χ1n) is 9.80. The van der Waals surface area contributed by atoms with Crippen LogP contribution < -0.4 is 10.6 Å².